The van der Waals surface area contributed by atoms with Crippen LogP contribution in [0.4, 0.5) is 5.69 Å². The minimum Gasteiger partial charge on any atom is -0.491 e. The Morgan fingerprint density at radius 2 is 2.10 bits per heavy atom. The van der Waals surface area contributed by atoms with Crippen molar-refractivity contribution in [2.24, 2.45) is 0 Å². The van der Waals surface area contributed by atoms with Crippen LogP contribution in [0.1, 0.15) is 12.5 Å². The second-order valence-electron chi connectivity index (χ2n) is 4.25. The van der Waals surface area contributed by atoms with Gasteiger partial charge in [-0.2, -0.15) is 0 Å². The zero-order chi connectivity index (χ0) is 15.4. The maximum atomic E-state index is 12.3. The molecule has 0 atom stereocenters. The third-order valence-electron chi connectivity index (χ3n) is 2.96. The van der Waals surface area contributed by atoms with Crippen molar-refractivity contribution in [2.45, 2.75) is 6.92 Å². The van der Waals surface area contributed by atoms with Crippen molar-refractivity contribution < 1.29 is 9.66 Å². The molecule has 0 radical (unpaired) electrons. The number of pyridine rings is 1. The Bertz CT molecular complexity index is 763. The van der Waals surface area contributed by atoms with Crippen molar-refractivity contribution in [2.75, 3.05) is 7.11 Å². The first-order valence-corrected chi connectivity index (χ1v) is 6.25. The predicted octanol–water partition coefficient (Wildman–Crippen LogP) is 2.79. The number of benzene rings is 1. The first-order valence-electron chi connectivity index (χ1n) is 6.25. The third kappa shape index (κ3) is 2.84. The van der Waals surface area contributed by atoms with Gasteiger partial charge >= 0.3 is 0 Å². The van der Waals surface area contributed by atoms with E-state index < -0.39 is 4.92 Å². The molecule has 0 aliphatic rings. The van der Waals surface area contributed by atoms with E-state index in [2.05, 4.69) is 0 Å². The molecule has 108 valence electrons. The van der Waals surface area contributed by atoms with E-state index >= 15 is 0 Å². The van der Waals surface area contributed by atoms with Crippen molar-refractivity contribution in [1.82, 2.24) is 4.57 Å². The second-order valence-corrected chi connectivity index (χ2v) is 4.25. The van der Waals surface area contributed by atoms with Gasteiger partial charge in [-0.15, -0.1) is 0 Å². The summed E-state index contributed by atoms with van der Waals surface area (Å²) in [6, 6.07) is 7.60. The summed E-state index contributed by atoms with van der Waals surface area (Å²) in [5, 5.41) is 10.9. The second kappa shape index (κ2) is 6.04. The van der Waals surface area contributed by atoms with E-state index in [9.17, 15) is 14.9 Å². The highest BCUT2D eigenvalue weighted by Gasteiger charge is 2.12. The Morgan fingerprint density at radius 1 is 1.33 bits per heavy atom. The van der Waals surface area contributed by atoms with E-state index in [4.69, 9.17) is 4.74 Å². The number of nitro benzene ring substituents is 1. The highest BCUT2D eigenvalue weighted by molar-refractivity contribution is 5.64. The van der Waals surface area contributed by atoms with Gasteiger partial charge in [-0.1, -0.05) is 12.2 Å². The molecule has 0 saturated heterocycles. The van der Waals surface area contributed by atoms with E-state index in [1.54, 1.807) is 43.5 Å². The zero-order valence-corrected chi connectivity index (χ0v) is 11.6. The van der Waals surface area contributed by atoms with Gasteiger partial charge in [-0.3, -0.25) is 19.5 Å². The summed E-state index contributed by atoms with van der Waals surface area (Å²) in [7, 11) is 1.42. The molecule has 0 spiro atoms. The van der Waals surface area contributed by atoms with Gasteiger partial charge in [0.15, 0.2) is 5.75 Å². The van der Waals surface area contributed by atoms with Crippen LogP contribution >= 0.6 is 0 Å². The lowest BCUT2D eigenvalue weighted by Crippen LogP contribution is -2.19. The zero-order valence-electron chi connectivity index (χ0n) is 11.6. The summed E-state index contributed by atoms with van der Waals surface area (Å²) in [5.74, 6) is 0.210. The summed E-state index contributed by atoms with van der Waals surface area (Å²) >= 11 is 0. The van der Waals surface area contributed by atoms with Gasteiger partial charge in [0, 0.05) is 23.9 Å². The van der Waals surface area contributed by atoms with Crippen LogP contribution in [0.15, 0.2) is 47.4 Å². The average molecular weight is 286 g/mol. The fourth-order valence-electron chi connectivity index (χ4n) is 2.01. The molecule has 0 fully saturated rings. The lowest BCUT2D eigenvalue weighted by molar-refractivity contribution is -0.384. The minimum absolute atomic E-state index is 0.0252. The highest BCUT2D eigenvalue weighted by atomic mass is 16.6. The molecule has 0 N–H and O–H groups in total. The number of hydrogen-bond donors (Lipinski definition) is 0. The standard InChI is InChI=1S/C15H14N2O4/c1-3-5-11-10-12(17(19)20)7-8-13(11)16-9-4-6-14(21-2)15(16)18/h3-10H,1-2H3/b5-3+. The molecule has 2 aromatic rings. The number of hydrogen-bond acceptors (Lipinski definition) is 4. The normalized spacial score (nSPS) is 10.8. The van der Waals surface area contributed by atoms with Crippen LogP contribution in [0.3, 0.4) is 0 Å². The van der Waals surface area contributed by atoms with Crippen LogP contribution in [0.2, 0.25) is 0 Å². The quantitative estimate of drug-likeness (QED) is 0.639. The van der Waals surface area contributed by atoms with Crippen LogP contribution in [-0.2, 0) is 0 Å². The molecule has 2 rings (SSSR count). The molecule has 21 heavy (non-hydrogen) atoms. The number of nitro groups is 1. The lowest BCUT2D eigenvalue weighted by atomic mass is 10.1. The Labute approximate surface area is 121 Å². The first kappa shape index (κ1) is 14.5. The molecule has 1 aromatic carbocycles. The number of non-ortho nitro benzene ring substituents is 1. The molecular weight excluding hydrogens is 272 g/mol. The van der Waals surface area contributed by atoms with E-state index in [0.29, 0.717) is 11.3 Å². The van der Waals surface area contributed by atoms with Crippen LogP contribution in [-0.4, -0.2) is 16.6 Å². The fraction of sp³-hybridized carbons (Fsp3) is 0.133. The molecule has 0 saturated carbocycles. The number of methoxy groups -OCH3 is 1. The summed E-state index contributed by atoms with van der Waals surface area (Å²) in [6.45, 7) is 1.80. The van der Waals surface area contributed by atoms with Gasteiger partial charge < -0.3 is 4.74 Å². The van der Waals surface area contributed by atoms with Gasteiger partial charge in [0.1, 0.15) is 0 Å². The summed E-state index contributed by atoms with van der Waals surface area (Å²) in [6.07, 6.45) is 5.07. The molecule has 6 nitrogen and oxygen atoms in total. The number of rotatable bonds is 4. The summed E-state index contributed by atoms with van der Waals surface area (Å²) in [5.41, 5.74) is 0.798. The minimum atomic E-state index is -0.467. The number of ether oxygens (including phenoxy) is 1. The molecule has 0 aliphatic heterocycles. The van der Waals surface area contributed by atoms with E-state index in [0.717, 1.165) is 0 Å². The number of aromatic nitrogens is 1. The SMILES string of the molecule is C/C=C/c1cc([N+](=O)[O-])ccc1-n1cccc(OC)c1=O. The summed E-state index contributed by atoms with van der Waals surface area (Å²) in [4.78, 5) is 22.7. The molecule has 1 aromatic heterocycles. The largest absolute Gasteiger partial charge is 0.491 e. The van der Waals surface area contributed by atoms with Crippen LogP contribution < -0.4 is 10.3 Å². The van der Waals surface area contributed by atoms with Crippen LogP contribution in [0.5, 0.6) is 5.75 Å². The van der Waals surface area contributed by atoms with E-state index in [1.807, 2.05) is 0 Å². The molecule has 1 heterocycles. The van der Waals surface area contributed by atoms with Crippen LogP contribution in [0.25, 0.3) is 11.8 Å². The lowest BCUT2D eigenvalue weighted by Gasteiger charge is -2.10. The van der Waals surface area contributed by atoms with E-state index in [1.165, 1.54) is 23.8 Å². The molecule has 0 aliphatic carbocycles. The van der Waals surface area contributed by atoms with Gasteiger partial charge in [-0.05, 0) is 25.1 Å². The Kier molecular flexibility index (Phi) is 4.18. The van der Waals surface area contributed by atoms with Crippen molar-refractivity contribution in [3.8, 4) is 11.4 Å². The maximum Gasteiger partial charge on any atom is 0.297 e. The first-order chi connectivity index (χ1) is 10.1. The van der Waals surface area contributed by atoms with Crippen LogP contribution in [0, 0.1) is 10.1 Å². The molecule has 0 bridgehead atoms. The Morgan fingerprint density at radius 3 is 2.71 bits per heavy atom. The molecule has 0 amide bonds. The fourth-order valence-corrected chi connectivity index (χ4v) is 2.01. The van der Waals surface area contributed by atoms with Crippen molar-refractivity contribution in [3.63, 3.8) is 0 Å². The maximum absolute atomic E-state index is 12.3. The number of allylic oxidation sites excluding steroid dienone is 1. The topological polar surface area (TPSA) is 74.4 Å². The molecular formula is C15H14N2O4. The summed E-state index contributed by atoms with van der Waals surface area (Å²) < 4.78 is 6.41. The van der Waals surface area contributed by atoms with Gasteiger partial charge in [0.25, 0.3) is 11.2 Å². The Balaban J connectivity index is 2.69. The number of nitrogens with zero attached hydrogens (tertiary/aromatic N) is 2. The molecule has 6 heteroatoms. The average Bonchev–Trinajstić information content (AvgIpc) is 2.48. The Hall–Kier alpha value is -2.89. The monoisotopic (exact) mass is 286 g/mol. The van der Waals surface area contributed by atoms with Gasteiger partial charge in [0.05, 0.1) is 17.7 Å². The van der Waals surface area contributed by atoms with E-state index in [-0.39, 0.29) is 17.0 Å². The van der Waals surface area contributed by atoms with Crippen molar-refractivity contribution in [3.05, 3.63) is 68.6 Å². The highest BCUT2D eigenvalue weighted by Crippen LogP contribution is 2.22. The van der Waals surface area contributed by atoms with Gasteiger partial charge in [0.2, 0.25) is 0 Å². The van der Waals surface area contributed by atoms with Crippen molar-refractivity contribution in [1.29, 1.82) is 0 Å². The molecule has 0 unspecified atom stereocenters. The van der Waals surface area contributed by atoms with Crippen molar-refractivity contribution >= 4 is 11.8 Å². The third-order valence-corrected chi connectivity index (χ3v) is 2.96. The van der Waals surface area contributed by atoms with Gasteiger partial charge in [-0.25, -0.2) is 0 Å². The smallest absolute Gasteiger partial charge is 0.297 e. The predicted molar refractivity (Wildman–Crippen MR) is 80.0 cm³/mol.